The summed E-state index contributed by atoms with van der Waals surface area (Å²) in [4.78, 5) is 13.1. The second-order valence-corrected chi connectivity index (χ2v) is 7.67. The number of H-pyrrole nitrogens is 1. The van der Waals surface area contributed by atoms with E-state index in [1.807, 2.05) is 6.07 Å². The molecule has 1 saturated carbocycles. The van der Waals surface area contributed by atoms with Crippen LogP contribution in [-0.2, 0) is 6.54 Å². The minimum absolute atomic E-state index is 0.261. The molecule has 3 N–H and O–H groups in total. The van der Waals surface area contributed by atoms with Gasteiger partial charge in [-0.05, 0) is 39.4 Å². The van der Waals surface area contributed by atoms with Crippen molar-refractivity contribution >= 4 is 11.6 Å². The lowest BCUT2D eigenvalue weighted by atomic mass is 10.2. The standard InChI is InChI=1S/C18H27N7O/c1-24(2)9-14-6-15(26)10-25(14)18-7-17(20-11-21-18)19-8-13-5-16(23-22-13)12-3-4-12/h5,7,11-12,14-15,26H,3-4,6,8-10H2,1-2H3,(H,22,23)(H,19,20,21)/t14-,15-/m1/s1. The van der Waals surface area contributed by atoms with Gasteiger partial charge in [-0.1, -0.05) is 0 Å². The van der Waals surface area contributed by atoms with Crippen LogP contribution in [0.3, 0.4) is 0 Å². The molecule has 2 aliphatic rings. The second kappa shape index (κ2) is 7.20. The molecule has 8 heteroatoms. The van der Waals surface area contributed by atoms with Crippen LogP contribution < -0.4 is 10.2 Å². The zero-order valence-corrected chi connectivity index (χ0v) is 15.4. The molecule has 0 radical (unpaired) electrons. The maximum atomic E-state index is 10.1. The molecular weight excluding hydrogens is 330 g/mol. The van der Waals surface area contributed by atoms with Crippen molar-refractivity contribution in [2.24, 2.45) is 0 Å². The Kier molecular flexibility index (Phi) is 4.78. The summed E-state index contributed by atoms with van der Waals surface area (Å²) in [6.45, 7) is 2.15. The minimum Gasteiger partial charge on any atom is -0.391 e. The molecule has 0 amide bonds. The van der Waals surface area contributed by atoms with E-state index in [4.69, 9.17) is 0 Å². The van der Waals surface area contributed by atoms with Gasteiger partial charge in [0.15, 0.2) is 0 Å². The van der Waals surface area contributed by atoms with Crippen LogP contribution >= 0.6 is 0 Å². The quantitative estimate of drug-likeness (QED) is 0.685. The molecule has 2 atom stereocenters. The summed E-state index contributed by atoms with van der Waals surface area (Å²) >= 11 is 0. The lowest BCUT2D eigenvalue weighted by Crippen LogP contribution is -2.38. The van der Waals surface area contributed by atoms with Crippen molar-refractivity contribution in [2.75, 3.05) is 37.4 Å². The van der Waals surface area contributed by atoms with Gasteiger partial charge in [0.05, 0.1) is 24.0 Å². The average Bonchev–Trinajstić information content (AvgIpc) is 3.24. The Labute approximate surface area is 153 Å². The summed E-state index contributed by atoms with van der Waals surface area (Å²) in [5.41, 5.74) is 2.23. The maximum absolute atomic E-state index is 10.1. The predicted molar refractivity (Wildman–Crippen MR) is 100 cm³/mol. The lowest BCUT2D eigenvalue weighted by molar-refractivity contribution is 0.191. The number of nitrogens with one attached hydrogen (secondary N) is 2. The van der Waals surface area contributed by atoms with E-state index in [1.165, 1.54) is 18.5 Å². The van der Waals surface area contributed by atoms with Gasteiger partial charge in [-0.25, -0.2) is 9.97 Å². The lowest BCUT2D eigenvalue weighted by Gasteiger charge is -2.27. The van der Waals surface area contributed by atoms with Crippen molar-refractivity contribution in [3.63, 3.8) is 0 Å². The Balaban J connectivity index is 1.42. The highest BCUT2D eigenvalue weighted by molar-refractivity contribution is 5.50. The number of likely N-dealkylation sites (N-methyl/N-ethyl adjacent to an activating group) is 1. The van der Waals surface area contributed by atoms with E-state index in [0.29, 0.717) is 19.0 Å². The largest absolute Gasteiger partial charge is 0.391 e. The number of β-amino-alcohol motifs (C(OH)–C–C–N with tert-alkyl or cyclic N) is 1. The Bertz CT molecular complexity index is 743. The summed E-state index contributed by atoms with van der Waals surface area (Å²) in [5.74, 6) is 2.29. The molecule has 2 fully saturated rings. The molecule has 0 spiro atoms. The van der Waals surface area contributed by atoms with Crippen molar-refractivity contribution in [1.29, 1.82) is 0 Å². The number of anilines is 2. The van der Waals surface area contributed by atoms with Gasteiger partial charge in [0.2, 0.25) is 0 Å². The number of hydrogen-bond donors (Lipinski definition) is 3. The second-order valence-electron chi connectivity index (χ2n) is 7.67. The van der Waals surface area contributed by atoms with Crippen molar-refractivity contribution < 1.29 is 5.11 Å². The summed E-state index contributed by atoms with van der Waals surface area (Å²) < 4.78 is 0. The molecule has 2 aromatic heterocycles. The number of hydrogen-bond acceptors (Lipinski definition) is 7. The first kappa shape index (κ1) is 17.2. The molecule has 4 rings (SSSR count). The first-order valence-electron chi connectivity index (χ1n) is 9.28. The Morgan fingerprint density at radius 3 is 2.92 bits per heavy atom. The Morgan fingerprint density at radius 1 is 1.31 bits per heavy atom. The number of aromatic nitrogens is 4. The third kappa shape index (κ3) is 3.96. The molecule has 1 saturated heterocycles. The smallest absolute Gasteiger partial charge is 0.134 e. The Morgan fingerprint density at radius 2 is 2.15 bits per heavy atom. The highest BCUT2D eigenvalue weighted by Gasteiger charge is 2.32. The van der Waals surface area contributed by atoms with E-state index in [-0.39, 0.29) is 12.1 Å². The molecule has 3 heterocycles. The van der Waals surface area contributed by atoms with E-state index in [1.54, 1.807) is 6.33 Å². The number of aliphatic hydroxyl groups is 1. The zero-order chi connectivity index (χ0) is 18.1. The highest BCUT2D eigenvalue weighted by Crippen LogP contribution is 2.39. The summed E-state index contributed by atoms with van der Waals surface area (Å²) in [5, 5.41) is 20.9. The van der Waals surface area contributed by atoms with Gasteiger partial charge in [-0.2, -0.15) is 5.10 Å². The fourth-order valence-electron chi connectivity index (χ4n) is 3.61. The van der Waals surface area contributed by atoms with Gasteiger partial charge < -0.3 is 20.2 Å². The molecule has 1 aliphatic heterocycles. The SMILES string of the molecule is CN(C)C[C@H]1C[C@@H](O)CN1c1cc(NCc2cc(C3CC3)n[nH]2)ncn1. The van der Waals surface area contributed by atoms with E-state index in [0.717, 1.165) is 30.3 Å². The van der Waals surface area contributed by atoms with Crippen molar-refractivity contribution in [3.8, 4) is 0 Å². The molecule has 2 aromatic rings. The summed E-state index contributed by atoms with van der Waals surface area (Å²) in [7, 11) is 4.10. The first-order valence-corrected chi connectivity index (χ1v) is 9.28. The van der Waals surface area contributed by atoms with Crippen molar-refractivity contribution in [1.82, 2.24) is 25.1 Å². The fourth-order valence-corrected chi connectivity index (χ4v) is 3.61. The van der Waals surface area contributed by atoms with Gasteiger partial charge in [-0.15, -0.1) is 0 Å². The van der Waals surface area contributed by atoms with E-state index in [9.17, 15) is 5.11 Å². The van der Waals surface area contributed by atoms with Crippen LogP contribution in [0.4, 0.5) is 11.6 Å². The summed E-state index contributed by atoms with van der Waals surface area (Å²) in [6, 6.07) is 4.35. The molecule has 8 nitrogen and oxygen atoms in total. The van der Waals surface area contributed by atoms with E-state index in [2.05, 4.69) is 55.4 Å². The fraction of sp³-hybridized carbons (Fsp3) is 0.611. The maximum Gasteiger partial charge on any atom is 0.134 e. The van der Waals surface area contributed by atoms with E-state index < -0.39 is 0 Å². The van der Waals surface area contributed by atoms with Gasteiger partial charge in [0.1, 0.15) is 18.0 Å². The normalized spacial score (nSPS) is 23.0. The van der Waals surface area contributed by atoms with Crippen LogP contribution in [0.25, 0.3) is 0 Å². The number of rotatable bonds is 7. The van der Waals surface area contributed by atoms with Crippen LogP contribution in [0.2, 0.25) is 0 Å². The van der Waals surface area contributed by atoms with Crippen LogP contribution in [-0.4, -0.2) is 69.5 Å². The average molecular weight is 357 g/mol. The predicted octanol–water partition coefficient (Wildman–Crippen LogP) is 1.19. The topological polar surface area (TPSA) is 93.2 Å². The van der Waals surface area contributed by atoms with Crippen molar-refractivity contribution in [2.45, 2.75) is 43.9 Å². The molecule has 0 unspecified atom stereocenters. The van der Waals surface area contributed by atoms with Crippen LogP contribution in [0.1, 0.15) is 36.6 Å². The van der Waals surface area contributed by atoms with Crippen LogP contribution in [0.15, 0.2) is 18.5 Å². The van der Waals surface area contributed by atoms with Crippen LogP contribution in [0.5, 0.6) is 0 Å². The number of aliphatic hydroxyl groups excluding tert-OH is 1. The number of aromatic amines is 1. The molecule has 26 heavy (non-hydrogen) atoms. The third-order valence-electron chi connectivity index (χ3n) is 5.02. The van der Waals surface area contributed by atoms with Gasteiger partial charge in [0, 0.05) is 31.1 Å². The minimum atomic E-state index is -0.308. The van der Waals surface area contributed by atoms with Crippen molar-refractivity contribution in [3.05, 3.63) is 29.8 Å². The van der Waals surface area contributed by atoms with Gasteiger partial charge >= 0.3 is 0 Å². The van der Waals surface area contributed by atoms with Gasteiger partial charge in [-0.3, -0.25) is 5.10 Å². The molecule has 1 aliphatic carbocycles. The number of nitrogens with zero attached hydrogens (tertiary/aromatic N) is 5. The van der Waals surface area contributed by atoms with Gasteiger partial charge in [0.25, 0.3) is 0 Å². The first-order chi connectivity index (χ1) is 12.6. The molecule has 0 aromatic carbocycles. The third-order valence-corrected chi connectivity index (χ3v) is 5.02. The molecule has 0 bridgehead atoms. The summed E-state index contributed by atoms with van der Waals surface area (Å²) in [6.07, 6.45) is 4.55. The Hall–Kier alpha value is -2.19. The molecular formula is C18H27N7O. The highest BCUT2D eigenvalue weighted by atomic mass is 16.3. The molecule has 140 valence electrons. The van der Waals surface area contributed by atoms with E-state index >= 15 is 0 Å². The monoisotopic (exact) mass is 357 g/mol. The van der Waals surface area contributed by atoms with Crippen LogP contribution in [0, 0.1) is 0 Å². The zero-order valence-electron chi connectivity index (χ0n) is 15.4.